The first-order chi connectivity index (χ1) is 14.9. The smallest absolute Gasteiger partial charge is 0.267 e. The fourth-order valence-electron chi connectivity index (χ4n) is 3.22. The van der Waals surface area contributed by atoms with Crippen LogP contribution >= 0.6 is 23.4 Å². The largest absolute Gasteiger partial charge is 0.476 e. The maximum Gasteiger partial charge on any atom is 0.267 e. The lowest BCUT2D eigenvalue weighted by Gasteiger charge is -2.34. The van der Waals surface area contributed by atoms with E-state index in [9.17, 15) is 13.2 Å². The number of hydrogen-bond donors (Lipinski definition) is 1. The minimum Gasteiger partial charge on any atom is -0.476 e. The first-order valence-electron chi connectivity index (χ1n) is 9.37. The van der Waals surface area contributed by atoms with Crippen molar-refractivity contribution < 1.29 is 17.9 Å². The Kier molecular flexibility index (Phi) is 6.13. The summed E-state index contributed by atoms with van der Waals surface area (Å²) in [4.78, 5) is 14.0. The number of carbonyl (C=O) groups excluding carboxylic acids is 1. The summed E-state index contributed by atoms with van der Waals surface area (Å²) >= 11 is 7.47. The van der Waals surface area contributed by atoms with Gasteiger partial charge in [-0.05, 0) is 60.9 Å². The molecule has 6 nitrogen and oxygen atoms in total. The van der Waals surface area contributed by atoms with Gasteiger partial charge in [0.2, 0.25) is 0 Å². The average Bonchev–Trinajstić information content (AvgIpc) is 2.78. The van der Waals surface area contributed by atoms with Crippen LogP contribution in [0.15, 0.2) is 82.6 Å². The third-order valence-electron chi connectivity index (χ3n) is 4.77. The van der Waals surface area contributed by atoms with Crippen molar-refractivity contribution in [1.82, 2.24) is 0 Å². The van der Waals surface area contributed by atoms with Crippen LogP contribution in [0.1, 0.15) is 0 Å². The van der Waals surface area contributed by atoms with Gasteiger partial charge in [-0.2, -0.15) is 0 Å². The van der Waals surface area contributed by atoms with E-state index in [0.717, 1.165) is 4.90 Å². The first kappa shape index (κ1) is 21.5. The number of thioether (sulfide) groups is 1. The Morgan fingerprint density at radius 3 is 2.58 bits per heavy atom. The van der Waals surface area contributed by atoms with Crippen molar-refractivity contribution in [2.45, 2.75) is 15.9 Å². The van der Waals surface area contributed by atoms with Crippen LogP contribution in [-0.4, -0.2) is 33.2 Å². The lowest BCUT2D eigenvalue weighted by Crippen LogP contribution is -2.48. The number of fused-ring (bicyclic) bond motifs is 1. The summed E-state index contributed by atoms with van der Waals surface area (Å²) in [6.45, 7) is -0.157. The van der Waals surface area contributed by atoms with Crippen LogP contribution < -0.4 is 14.4 Å². The summed E-state index contributed by atoms with van der Waals surface area (Å²) in [7, 11) is -3.93. The molecule has 4 rings (SSSR count). The van der Waals surface area contributed by atoms with Gasteiger partial charge in [0.15, 0.2) is 6.10 Å². The Labute approximate surface area is 190 Å². The van der Waals surface area contributed by atoms with E-state index >= 15 is 0 Å². The molecule has 1 amide bonds. The molecule has 1 aliphatic rings. The lowest BCUT2D eigenvalue weighted by atomic mass is 10.2. The van der Waals surface area contributed by atoms with Gasteiger partial charge in [0.25, 0.3) is 15.9 Å². The molecule has 3 aromatic carbocycles. The number of nitrogens with one attached hydrogen (secondary N) is 1. The predicted molar refractivity (Wildman–Crippen MR) is 124 cm³/mol. The topological polar surface area (TPSA) is 75.7 Å². The Morgan fingerprint density at radius 1 is 1.10 bits per heavy atom. The van der Waals surface area contributed by atoms with E-state index in [2.05, 4.69) is 5.32 Å². The SMILES string of the molecule is CSc1cccc(NC(=O)C2CN(S(=O)(=O)c3ccc(Cl)cc3)c3ccccc3O2)c1. The maximum atomic E-state index is 13.4. The van der Waals surface area contributed by atoms with Crippen molar-refractivity contribution in [2.75, 3.05) is 22.4 Å². The van der Waals surface area contributed by atoms with Gasteiger partial charge < -0.3 is 10.1 Å². The Bertz CT molecular complexity index is 1220. The van der Waals surface area contributed by atoms with Crippen LogP contribution in [0, 0.1) is 0 Å². The van der Waals surface area contributed by atoms with Gasteiger partial charge in [-0.25, -0.2) is 8.42 Å². The zero-order valence-corrected chi connectivity index (χ0v) is 18.9. The fourth-order valence-corrected chi connectivity index (χ4v) is 5.29. The molecule has 0 spiro atoms. The van der Waals surface area contributed by atoms with Crippen molar-refractivity contribution in [3.8, 4) is 5.75 Å². The minimum atomic E-state index is -3.93. The van der Waals surface area contributed by atoms with Crippen molar-refractivity contribution >= 4 is 50.7 Å². The Hall–Kier alpha value is -2.68. The van der Waals surface area contributed by atoms with E-state index in [4.69, 9.17) is 16.3 Å². The van der Waals surface area contributed by atoms with Crippen LogP contribution in [-0.2, 0) is 14.8 Å². The van der Waals surface area contributed by atoms with Gasteiger partial charge in [0.05, 0.1) is 17.1 Å². The summed E-state index contributed by atoms with van der Waals surface area (Å²) in [5.41, 5.74) is 0.997. The number of para-hydroxylation sites is 2. The number of nitrogens with zero attached hydrogens (tertiary/aromatic N) is 1. The normalized spacial score (nSPS) is 15.7. The van der Waals surface area contributed by atoms with Gasteiger partial charge in [0.1, 0.15) is 5.75 Å². The zero-order chi connectivity index (χ0) is 22.0. The fraction of sp³-hybridized carbons (Fsp3) is 0.136. The monoisotopic (exact) mass is 474 g/mol. The molecule has 1 atom stereocenters. The molecule has 1 N–H and O–H groups in total. The number of anilines is 2. The van der Waals surface area contributed by atoms with Gasteiger partial charge in [-0.1, -0.05) is 29.8 Å². The number of ether oxygens (including phenoxy) is 1. The number of rotatable bonds is 5. The summed E-state index contributed by atoms with van der Waals surface area (Å²) in [6, 6.07) is 20.1. The highest BCUT2D eigenvalue weighted by Crippen LogP contribution is 2.37. The van der Waals surface area contributed by atoms with Crippen molar-refractivity contribution in [3.05, 3.63) is 77.8 Å². The maximum absolute atomic E-state index is 13.4. The van der Waals surface area contributed by atoms with Gasteiger partial charge in [-0.15, -0.1) is 11.8 Å². The summed E-state index contributed by atoms with van der Waals surface area (Å²) in [5, 5.41) is 3.26. The number of sulfonamides is 1. The molecule has 9 heteroatoms. The standard InChI is InChI=1S/C22H19ClN2O4S2/c1-30-17-6-4-5-16(13-17)24-22(26)21-14-25(19-7-2-3-8-20(19)29-21)31(27,28)18-11-9-15(23)10-12-18/h2-13,21H,14H2,1H3,(H,24,26). The zero-order valence-electron chi connectivity index (χ0n) is 16.5. The van der Waals surface area contributed by atoms with E-state index in [1.54, 1.807) is 42.1 Å². The Balaban J connectivity index is 1.65. The van der Waals surface area contributed by atoms with Gasteiger partial charge >= 0.3 is 0 Å². The van der Waals surface area contributed by atoms with Crippen LogP contribution in [0.25, 0.3) is 0 Å². The minimum absolute atomic E-state index is 0.0837. The third-order valence-corrected chi connectivity index (χ3v) is 7.54. The molecule has 0 aliphatic carbocycles. The van der Waals surface area contributed by atoms with E-state index in [1.165, 1.54) is 28.6 Å². The number of benzene rings is 3. The second-order valence-corrected chi connectivity index (χ2v) is 9.96. The number of carbonyl (C=O) groups is 1. The number of hydrogen-bond acceptors (Lipinski definition) is 5. The molecule has 31 heavy (non-hydrogen) atoms. The first-order valence-corrected chi connectivity index (χ1v) is 12.4. The summed E-state index contributed by atoms with van der Waals surface area (Å²) < 4.78 is 33.8. The van der Waals surface area contributed by atoms with E-state index < -0.39 is 22.0 Å². The molecular weight excluding hydrogens is 456 g/mol. The van der Waals surface area contributed by atoms with Crippen molar-refractivity contribution in [1.29, 1.82) is 0 Å². The Morgan fingerprint density at radius 2 is 1.84 bits per heavy atom. The molecule has 0 saturated carbocycles. The predicted octanol–water partition coefficient (Wildman–Crippen LogP) is 4.66. The molecule has 0 bridgehead atoms. The molecule has 1 aliphatic heterocycles. The van der Waals surface area contributed by atoms with E-state index in [-0.39, 0.29) is 11.4 Å². The quantitative estimate of drug-likeness (QED) is 0.544. The van der Waals surface area contributed by atoms with E-state index in [0.29, 0.717) is 22.1 Å². The molecule has 3 aromatic rings. The second kappa shape index (κ2) is 8.82. The highest BCUT2D eigenvalue weighted by molar-refractivity contribution is 7.98. The van der Waals surface area contributed by atoms with Crippen LogP contribution in [0.2, 0.25) is 5.02 Å². The van der Waals surface area contributed by atoms with Gasteiger partial charge in [-0.3, -0.25) is 9.10 Å². The van der Waals surface area contributed by atoms with Crippen molar-refractivity contribution in [2.24, 2.45) is 0 Å². The van der Waals surface area contributed by atoms with Crippen LogP contribution in [0.5, 0.6) is 5.75 Å². The molecule has 1 heterocycles. The number of halogens is 1. The summed E-state index contributed by atoms with van der Waals surface area (Å²) in [5.74, 6) is -0.103. The number of amides is 1. The molecule has 0 fully saturated rings. The molecule has 0 radical (unpaired) electrons. The van der Waals surface area contributed by atoms with Crippen LogP contribution in [0.4, 0.5) is 11.4 Å². The molecule has 1 unspecified atom stereocenters. The van der Waals surface area contributed by atoms with Gasteiger partial charge in [0, 0.05) is 15.6 Å². The highest BCUT2D eigenvalue weighted by atomic mass is 35.5. The average molecular weight is 475 g/mol. The van der Waals surface area contributed by atoms with Crippen LogP contribution in [0.3, 0.4) is 0 Å². The molecule has 0 saturated heterocycles. The third kappa shape index (κ3) is 4.51. The molecular formula is C22H19ClN2O4S2. The lowest BCUT2D eigenvalue weighted by molar-refractivity contribution is -0.122. The molecule has 160 valence electrons. The van der Waals surface area contributed by atoms with E-state index in [1.807, 2.05) is 24.5 Å². The summed E-state index contributed by atoms with van der Waals surface area (Å²) in [6.07, 6.45) is 0.927. The molecule has 0 aromatic heterocycles. The second-order valence-electron chi connectivity index (χ2n) is 6.79. The van der Waals surface area contributed by atoms with Crippen molar-refractivity contribution in [3.63, 3.8) is 0 Å². The highest BCUT2D eigenvalue weighted by Gasteiger charge is 2.37.